The molecule has 0 aromatic heterocycles. The highest BCUT2D eigenvalue weighted by Crippen LogP contribution is 2.30. The molecule has 1 atom stereocenters. The van der Waals surface area contributed by atoms with E-state index >= 15 is 0 Å². The Kier molecular flexibility index (Phi) is 6.05. The highest BCUT2D eigenvalue weighted by molar-refractivity contribution is 5.37. The maximum absolute atomic E-state index is 5.97. The monoisotopic (exact) mass is 372 g/mol. The molecule has 144 valence electrons. The number of aryl methyl sites for hydroxylation is 1. The molecule has 3 heteroatoms. The van der Waals surface area contributed by atoms with Gasteiger partial charge in [-0.25, -0.2) is 0 Å². The molecule has 3 aromatic carbocycles. The molecule has 1 aliphatic rings. The smallest absolute Gasteiger partial charge is 0.119 e. The molecule has 0 bridgehead atoms. The van der Waals surface area contributed by atoms with E-state index in [2.05, 4.69) is 77.8 Å². The topological polar surface area (TPSA) is 24.5 Å². The second kappa shape index (κ2) is 9.05. The Balaban J connectivity index is 1.53. The second-order valence-electron chi connectivity index (χ2n) is 7.44. The van der Waals surface area contributed by atoms with Crippen LogP contribution >= 0.6 is 0 Å². The van der Waals surface area contributed by atoms with Crippen LogP contribution in [0.25, 0.3) is 0 Å². The molecular formula is C25H28N2O. The summed E-state index contributed by atoms with van der Waals surface area (Å²) in [4.78, 5) is 2.57. The predicted molar refractivity (Wildman–Crippen MR) is 115 cm³/mol. The normalized spacial score (nSPS) is 15.9. The number of benzene rings is 3. The third-order valence-electron chi connectivity index (χ3n) is 5.35. The first-order valence-corrected chi connectivity index (χ1v) is 10.1. The number of hydrogen-bond acceptors (Lipinski definition) is 3. The second-order valence-corrected chi connectivity index (χ2v) is 7.44. The Morgan fingerprint density at radius 1 is 0.821 bits per heavy atom. The standard InChI is InChI=1S/C25H28N2O/c1-20-7-9-22(10-8-20)25(27-17-15-26-16-18-27)23-11-13-24(14-12-23)28-19-21-5-3-2-4-6-21/h2-14,25-26H,15-19H2,1H3. The molecule has 1 heterocycles. The Morgan fingerprint density at radius 3 is 2.07 bits per heavy atom. The molecule has 4 rings (SSSR count). The van der Waals surface area contributed by atoms with Gasteiger partial charge in [0.2, 0.25) is 0 Å². The van der Waals surface area contributed by atoms with Crippen LogP contribution in [-0.4, -0.2) is 31.1 Å². The molecule has 1 N–H and O–H groups in total. The average Bonchev–Trinajstić information content (AvgIpc) is 2.76. The number of ether oxygens (including phenoxy) is 1. The average molecular weight is 373 g/mol. The van der Waals surface area contributed by atoms with Crippen molar-refractivity contribution in [1.82, 2.24) is 10.2 Å². The molecule has 0 saturated carbocycles. The van der Waals surface area contributed by atoms with Gasteiger partial charge in [0.15, 0.2) is 0 Å². The van der Waals surface area contributed by atoms with Crippen molar-refractivity contribution in [3.05, 3.63) is 101 Å². The first-order valence-electron chi connectivity index (χ1n) is 10.1. The molecule has 3 aromatic rings. The van der Waals surface area contributed by atoms with Gasteiger partial charge < -0.3 is 10.1 Å². The van der Waals surface area contributed by atoms with Crippen molar-refractivity contribution < 1.29 is 4.74 Å². The zero-order valence-electron chi connectivity index (χ0n) is 16.5. The fourth-order valence-corrected chi connectivity index (χ4v) is 3.79. The van der Waals surface area contributed by atoms with Crippen LogP contribution in [0.3, 0.4) is 0 Å². The lowest BCUT2D eigenvalue weighted by atomic mass is 9.95. The van der Waals surface area contributed by atoms with Crippen LogP contribution in [0.2, 0.25) is 0 Å². The van der Waals surface area contributed by atoms with Crippen molar-refractivity contribution in [3.63, 3.8) is 0 Å². The van der Waals surface area contributed by atoms with Gasteiger partial charge in [0, 0.05) is 26.2 Å². The molecule has 1 unspecified atom stereocenters. The van der Waals surface area contributed by atoms with Gasteiger partial charge in [0.05, 0.1) is 6.04 Å². The molecule has 1 aliphatic heterocycles. The fourth-order valence-electron chi connectivity index (χ4n) is 3.79. The number of hydrogen-bond donors (Lipinski definition) is 1. The fraction of sp³-hybridized carbons (Fsp3) is 0.280. The van der Waals surface area contributed by atoms with Gasteiger partial charge in [-0.1, -0.05) is 72.3 Å². The van der Waals surface area contributed by atoms with Crippen molar-refractivity contribution in [2.24, 2.45) is 0 Å². The van der Waals surface area contributed by atoms with E-state index in [1.807, 2.05) is 18.2 Å². The summed E-state index contributed by atoms with van der Waals surface area (Å²) in [7, 11) is 0. The molecule has 0 aliphatic carbocycles. The quantitative estimate of drug-likeness (QED) is 0.686. The largest absolute Gasteiger partial charge is 0.489 e. The van der Waals surface area contributed by atoms with Gasteiger partial charge in [-0.15, -0.1) is 0 Å². The Bertz CT molecular complexity index is 853. The Labute approximate surface area is 168 Å². The first-order chi connectivity index (χ1) is 13.8. The number of nitrogens with one attached hydrogen (secondary N) is 1. The minimum absolute atomic E-state index is 0.283. The molecule has 0 radical (unpaired) electrons. The van der Waals surface area contributed by atoms with Crippen molar-refractivity contribution in [2.45, 2.75) is 19.6 Å². The van der Waals surface area contributed by atoms with Crippen LogP contribution in [0.5, 0.6) is 5.75 Å². The highest BCUT2D eigenvalue weighted by Gasteiger charge is 2.23. The van der Waals surface area contributed by atoms with E-state index in [4.69, 9.17) is 4.74 Å². The van der Waals surface area contributed by atoms with Crippen LogP contribution in [-0.2, 0) is 6.61 Å². The summed E-state index contributed by atoms with van der Waals surface area (Å²) in [6, 6.07) is 28.2. The molecule has 0 spiro atoms. The van der Waals surface area contributed by atoms with Gasteiger partial charge in [0.1, 0.15) is 12.4 Å². The van der Waals surface area contributed by atoms with E-state index in [-0.39, 0.29) is 6.04 Å². The van der Waals surface area contributed by atoms with E-state index in [0.29, 0.717) is 6.61 Å². The summed E-state index contributed by atoms with van der Waals surface area (Å²) in [5, 5.41) is 3.46. The van der Waals surface area contributed by atoms with Crippen molar-refractivity contribution in [3.8, 4) is 5.75 Å². The van der Waals surface area contributed by atoms with E-state index in [0.717, 1.165) is 31.9 Å². The summed E-state index contributed by atoms with van der Waals surface area (Å²) in [6.45, 7) is 6.94. The molecule has 1 saturated heterocycles. The van der Waals surface area contributed by atoms with E-state index in [1.54, 1.807) is 0 Å². The summed E-state index contributed by atoms with van der Waals surface area (Å²) in [5.41, 5.74) is 5.15. The Morgan fingerprint density at radius 2 is 1.43 bits per heavy atom. The van der Waals surface area contributed by atoms with E-state index in [9.17, 15) is 0 Å². The molecule has 0 amide bonds. The molecule has 3 nitrogen and oxygen atoms in total. The van der Waals surface area contributed by atoms with Crippen LogP contribution in [0.15, 0.2) is 78.9 Å². The molecular weight excluding hydrogens is 344 g/mol. The SMILES string of the molecule is Cc1ccc(C(c2ccc(OCc3ccccc3)cc2)N2CCNCC2)cc1. The van der Waals surface area contributed by atoms with Gasteiger partial charge in [-0.05, 0) is 35.7 Å². The number of nitrogens with zero attached hydrogens (tertiary/aromatic N) is 1. The van der Waals surface area contributed by atoms with Gasteiger partial charge in [0.25, 0.3) is 0 Å². The van der Waals surface area contributed by atoms with Crippen molar-refractivity contribution in [2.75, 3.05) is 26.2 Å². The molecule has 1 fully saturated rings. The zero-order chi connectivity index (χ0) is 19.2. The van der Waals surface area contributed by atoms with Gasteiger partial charge >= 0.3 is 0 Å². The van der Waals surface area contributed by atoms with Gasteiger partial charge in [-0.3, -0.25) is 4.90 Å². The summed E-state index contributed by atoms with van der Waals surface area (Å²) in [5.74, 6) is 0.913. The lowest BCUT2D eigenvalue weighted by Crippen LogP contribution is -2.45. The maximum atomic E-state index is 5.97. The van der Waals surface area contributed by atoms with E-state index in [1.165, 1.54) is 22.3 Å². The third-order valence-corrected chi connectivity index (χ3v) is 5.35. The highest BCUT2D eigenvalue weighted by atomic mass is 16.5. The zero-order valence-corrected chi connectivity index (χ0v) is 16.5. The minimum Gasteiger partial charge on any atom is -0.489 e. The van der Waals surface area contributed by atoms with E-state index < -0.39 is 0 Å². The molecule has 28 heavy (non-hydrogen) atoms. The van der Waals surface area contributed by atoms with Crippen molar-refractivity contribution in [1.29, 1.82) is 0 Å². The van der Waals surface area contributed by atoms with Crippen LogP contribution < -0.4 is 10.1 Å². The number of rotatable bonds is 6. The summed E-state index contributed by atoms with van der Waals surface area (Å²) >= 11 is 0. The summed E-state index contributed by atoms with van der Waals surface area (Å²) < 4.78 is 5.97. The predicted octanol–water partition coefficient (Wildman–Crippen LogP) is 4.57. The summed E-state index contributed by atoms with van der Waals surface area (Å²) in [6.07, 6.45) is 0. The van der Waals surface area contributed by atoms with Crippen LogP contribution in [0, 0.1) is 6.92 Å². The van der Waals surface area contributed by atoms with Crippen LogP contribution in [0.1, 0.15) is 28.3 Å². The minimum atomic E-state index is 0.283. The first kappa shape index (κ1) is 18.7. The third kappa shape index (κ3) is 4.61. The Hall–Kier alpha value is -2.62. The number of piperazine rings is 1. The maximum Gasteiger partial charge on any atom is 0.119 e. The van der Waals surface area contributed by atoms with Crippen molar-refractivity contribution >= 4 is 0 Å². The van der Waals surface area contributed by atoms with Crippen LogP contribution in [0.4, 0.5) is 0 Å². The lowest BCUT2D eigenvalue weighted by Gasteiger charge is -2.35. The lowest BCUT2D eigenvalue weighted by molar-refractivity contribution is 0.198. The van der Waals surface area contributed by atoms with Gasteiger partial charge in [-0.2, -0.15) is 0 Å².